The van der Waals surface area contributed by atoms with Crippen LogP contribution in [-0.2, 0) is 4.79 Å². The van der Waals surface area contributed by atoms with E-state index < -0.39 is 0 Å². The van der Waals surface area contributed by atoms with Gasteiger partial charge < -0.3 is 10.2 Å². The van der Waals surface area contributed by atoms with E-state index in [0.717, 1.165) is 18.1 Å². The van der Waals surface area contributed by atoms with Gasteiger partial charge in [0.1, 0.15) is 5.82 Å². The SMILES string of the molecule is CCC(=O)Nc1ccnc(-c2cnc(N3CCC[C@@H]3C)nc2)n1. The largest absolute Gasteiger partial charge is 0.338 e. The molecule has 0 radical (unpaired) electrons. The lowest BCUT2D eigenvalue weighted by Crippen LogP contribution is -2.28. The maximum Gasteiger partial charge on any atom is 0.225 e. The van der Waals surface area contributed by atoms with Gasteiger partial charge in [-0.2, -0.15) is 0 Å². The lowest BCUT2D eigenvalue weighted by Gasteiger charge is -2.20. The number of carbonyl (C=O) groups is 1. The molecule has 1 atom stereocenters. The molecular formula is C16H20N6O. The van der Waals surface area contributed by atoms with E-state index in [9.17, 15) is 4.79 Å². The van der Waals surface area contributed by atoms with Crippen molar-refractivity contribution in [2.75, 3.05) is 16.8 Å². The Morgan fingerprint density at radius 3 is 2.78 bits per heavy atom. The fraction of sp³-hybridized carbons (Fsp3) is 0.438. The molecule has 0 bridgehead atoms. The van der Waals surface area contributed by atoms with Gasteiger partial charge in [0.15, 0.2) is 5.82 Å². The number of carbonyl (C=O) groups excluding carboxylic acids is 1. The standard InChI is InChI=1S/C16H20N6O/c1-3-14(23)20-13-6-7-17-15(21-13)12-9-18-16(19-10-12)22-8-4-5-11(22)2/h6-7,9-11H,3-5,8H2,1-2H3,(H,17,20,21,23)/t11-/m0/s1. The lowest BCUT2D eigenvalue weighted by molar-refractivity contribution is -0.115. The van der Waals surface area contributed by atoms with Crippen molar-refractivity contribution >= 4 is 17.7 Å². The van der Waals surface area contributed by atoms with E-state index in [4.69, 9.17) is 0 Å². The summed E-state index contributed by atoms with van der Waals surface area (Å²) in [6.07, 6.45) is 7.83. The molecule has 2 aromatic heterocycles. The lowest BCUT2D eigenvalue weighted by atomic mass is 10.2. The average Bonchev–Trinajstić information content (AvgIpc) is 3.01. The summed E-state index contributed by atoms with van der Waals surface area (Å²) in [7, 11) is 0. The fourth-order valence-electron chi connectivity index (χ4n) is 2.61. The molecule has 1 amide bonds. The minimum Gasteiger partial charge on any atom is -0.338 e. The second kappa shape index (κ2) is 6.68. The van der Waals surface area contributed by atoms with Gasteiger partial charge in [0, 0.05) is 37.6 Å². The maximum atomic E-state index is 11.4. The number of aromatic nitrogens is 4. The van der Waals surface area contributed by atoms with Crippen LogP contribution in [0.1, 0.15) is 33.1 Å². The summed E-state index contributed by atoms with van der Waals surface area (Å²) < 4.78 is 0. The summed E-state index contributed by atoms with van der Waals surface area (Å²) in [5, 5.41) is 2.72. The Morgan fingerprint density at radius 2 is 2.13 bits per heavy atom. The second-order valence-corrected chi connectivity index (χ2v) is 5.62. The third kappa shape index (κ3) is 3.44. The van der Waals surface area contributed by atoms with Crippen LogP contribution in [-0.4, -0.2) is 38.4 Å². The van der Waals surface area contributed by atoms with Crippen LogP contribution in [0.5, 0.6) is 0 Å². The summed E-state index contributed by atoms with van der Waals surface area (Å²) in [5.74, 6) is 1.65. The molecule has 0 aliphatic carbocycles. The maximum absolute atomic E-state index is 11.4. The highest BCUT2D eigenvalue weighted by Crippen LogP contribution is 2.23. The number of hydrogen-bond donors (Lipinski definition) is 1. The highest BCUT2D eigenvalue weighted by molar-refractivity contribution is 5.89. The van der Waals surface area contributed by atoms with Crippen LogP contribution in [0.3, 0.4) is 0 Å². The van der Waals surface area contributed by atoms with Gasteiger partial charge in [0.05, 0.1) is 5.56 Å². The van der Waals surface area contributed by atoms with Crippen LogP contribution in [0.4, 0.5) is 11.8 Å². The van der Waals surface area contributed by atoms with Crippen molar-refractivity contribution in [1.29, 1.82) is 0 Å². The van der Waals surface area contributed by atoms with Gasteiger partial charge in [0.2, 0.25) is 11.9 Å². The van der Waals surface area contributed by atoms with Crippen molar-refractivity contribution in [3.8, 4) is 11.4 Å². The first kappa shape index (κ1) is 15.3. The minimum absolute atomic E-state index is 0.0794. The number of nitrogens with zero attached hydrogens (tertiary/aromatic N) is 5. The number of nitrogens with one attached hydrogen (secondary N) is 1. The zero-order valence-corrected chi connectivity index (χ0v) is 13.4. The van der Waals surface area contributed by atoms with E-state index in [2.05, 4.69) is 37.1 Å². The summed E-state index contributed by atoms with van der Waals surface area (Å²) in [6.45, 7) is 4.98. The third-order valence-corrected chi connectivity index (χ3v) is 3.95. The normalized spacial score (nSPS) is 17.3. The fourth-order valence-corrected chi connectivity index (χ4v) is 2.61. The molecule has 120 valence electrons. The molecule has 0 saturated carbocycles. The quantitative estimate of drug-likeness (QED) is 0.932. The third-order valence-electron chi connectivity index (χ3n) is 3.95. The molecule has 3 heterocycles. The van der Waals surface area contributed by atoms with Crippen LogP contribution >= 0.6 is 0 Å². The zero-order valence-electron chi connectivity index (χ0n) is 13.4. The van der Waals surface area contributed by atoms with Crippen LogP contribution in [0.2, 0.25) is 0 Å². The van der Waals surface area contributed by atoms with Gasteiger partial charge in [-0.1, -0.05) is 6.92 Å². The van der Waals surface area contributed by atoms with Crippen LogP contribution in [0.25, 0.3) is 11.4 Å². The number of rotatable bonds is 4. The van der Waals surface area contributed by atoms with Crippen LogP contribution in [0.15, 0.2) is 24.7 Å². The Kier molecular flexibility index (Phi) is 4.45. The van der Waals surface area contributed by atoms with Crippen LogP contribution in [0, 0.1) is 0 Å². The van der Waals surface area contributed by atoms with Gasteiger partial charge in [-0.25, -0.2) is 19.9 Å². The van der Waals surface area contributed by atoms with Crippen molar-refractivity contribution in [2.45, 2.75) is 39.2 Å². The van der Waals surface area contributed by atoms with Gasteiger partial charge in [-0.3, -0.25) is 4.79 Å². The number of amides is 1. The monoisotopic (exact) mass is 312 g/mol. The summed E-state index contributed by atoms with van der Waals surface area (Å²) in [5.41, 5.74) is 0.730. The molecule has 1 saturated heterocycles. The molecule has 0 aromatic carbocycles. The molecule has 1 aliphatic rings. The second-order valence-electron chi connectivity index (χ2n) is 5.62. The van der Waals surface area contributed by atoms with Crippen molar-refractivity contribution in [3.63, 3.8) is 0 Å². The van der Waals surface area contributed by atoms with Gasteiger partial charge >= 0.3 is 0 Å². The molecule has 3 rings (SSSR count). The van der Waals surface area contributed by atoms with Crippen molar-refractivity contribution in [2.24, 2.45) is 0 Å². The van der Waals surface area contributed by atoms with E-state index >= 15 is 0 Å². The molecule has 2 aromatic rings. The molecule has 0 spiro atoms. The predicted molar refractivity (Wildman–Crippen MR) is 88.0 cm³/mol. The van der Waals surface area contributed by atoms with Crippen LogP contribution < -0.4 is 10.2 Å². The summed E-state index contributed by atoms with van der Waals surface area (Å²) in [4.78, 5) is 31.1. The van der Waals surface area contributed by atoms with E-state index in [0.29, 0.717) is 24.1 Å². The highest BCUT2D eigenvalue weighted by Gasteiger charge is 2.22. The average molecular weight is 312 g/mol. The summed E-state index contributed by atoms with van der Waals surface area (Å²) >= 11 is 0. The predicted octanol–water partition coefficient (Wildman–Crippen LogP) is 2.27. The van der Waals surface area contributed by atoms with E-state index in [-0.39, 0.29) is 5.91 Å². The minimum atomic E-state index is -0.0794. The Morgan fingerprint density at radius 1 is 1.35 bits per heavy atom. The zero-order chi connectivity index (χ0) is 16.2. The molecule has 1 N–H and O–H groups in total. The molecular weight excluding hydrogens is 292 g/mol. The Bertz CT molecular complexity index is 687. The Labute approximate surface area is 135 Å². The Hall–Kier alpha value is -2.57. The number of hydrogen-bond acceptors (Lipinski definition) is 6. The first-order valence-corrected chi connectivity index (χ1v) is 7.89. The molecule has 1 aliphatic heterocycles. The molecule has 1 fully saturated rings. The van der Waals surface area contributed by atoms with E-state index in [1.165, 1.54) is 12.8 Å². The van der Waals surface area contributed by atoms with E-state index in [1.54, 1.807) is 31.6 Å². The first-order valence-electron chi connectivity index (χ1n) is 7.89. The summed E-state index contributed by atoms with van der Waals surface area (Å²) in [6, 6.07) is 2.14. The smallest absolute Gasteiger partial charge is 0.225 e. The van der Waals surface area contributed by atoms with Gasteiger partial charge in [0.25, 0.3) is 0 Å². The van der Waals surface area contributed by atoms with Gasteiger partial charge in [-0.15, -0.1) is 0 Å². The van der Waals surface area contributed by atoms with E-state index in [1.807, 2.05) is 0 Å². The molecule has 0 unspecified atom stereocenters. The van der Waals surface area contributed by atoms with Crippen molar-refractivity contribution in [1.82, 2.24) is 19.9 Å². The molecule has 7 nitrogen and oxygen atoms in total. The highest BCUT2D eigenvalue weighted by atomic mass is 16.1. The van der Waals surface area contributed by atoms with Crippen molar-refractivity contribution in [3.05, 3.63) is 24.7 Å². The molecule has 7 heteroatoms. The van der Waals surface area contributed by atoms with Crippen molar-refractivity contribution < 1.29 is 4.79 Å². The first-order chi connectivity index (χ1) is 11.2. The molecule has 23 heavy (non-hydrogen) atoms. The Balaban J connectivity index is 1.79. The van der Waals surface area contributed by atoms with Gasteiger partial charge in [-0.05, 0) is 25.8 Å². The topological polar surface area (TPSA) is 83.9 Å². The number of anilines is 2.